The van der Waals surface area contributed by atoms with Crippen LogP contribution in [0.25, 0.3) is 0 Å². The predicted molar refractivity (Wildman–Crippen MR) is 99.1 cm³/mol. The fraction of sp³-hybridized carbons (Fsp3) is 0.375. The SMILES string of the molecule is O=[N+]([O-])c1c(Nc2ccc(F)c(Cl)c2)ncnc1N1CCN(CCO)CC1. The number of benzene rings is 1. The third-order valence-electron chi connectivity index (χ3n) is 4.26. The smallest absolute Gasteiger partial charge is 0.353 e. The molecule has 1 aliphatic rings. The Kier molecular flexibility index (Phi) is 5.99. The second-order valence-corrected chi connectivity index (χ2v) is 6.36. The monoisotopic (exact) mass is 396 g/mol. The van der Waals surface area contributed by atoms with Gasteiger partial charge in [-0.3, -0.25) is 15.0 Å². The van der Waals surface area contributed by atoms with Gasteiger partial charge in [-0.1, -0.05) is 11.6 Å². The Morgan fingerprint density at radius 1 is 1.30 bits per heavy atom. The first-order chi connectivity index (χ1) is 13.0. The quantitative estimate of drug-likeness (QED) is 0.564. The van der Waals surface area contributed by atoms with Gasteiger partial charge in [0.15, 0.2) is 0 Å². The van der Waals surface area contributed by atoms with Crippen molar-refractivity contribution >= 4 is 34.6 Å². The number of nitrogens with one attached hydrogen (secondary N) is 1. The number of aromatic nitrogens is 2. The van der Waals surface area contributed by atoms with Gasteiger partial charge in [0.25, 0.3) is 0 Å². The number of β-amino-alcohol motifs (C(OH)–C–C–N with tert-alkyl or cyclic N) is 1. The minimum atomic E-state index is -0.583. The molecule has 1 fully saturated rings. The largest absolute Gasteiger partial charge is 0.395 e. The number of hydrogen-bond acceptors (Lipinski definition) is 8. The van der Waals surface area contributed by atoms with Crippen LogP contribution in [0.15, 0.2) is 24.5 Å². The predicted octanol–water partition coefficient (Wildman–Crippen LogP) is 2.04. The van der Waals surface area contributed by atoms with Crippen molar-refractivity contribution < 1.29 is 14.4 Å². The summed E-state index contributed by atoms with van der Waals surface area (Å²) in [6.07, 6.45) is 1.25. The van der Waals surface area contributed by atoms with Crippen LogP contribution in [0.2, 0.25) is 5.02 Å². The molecule has 0 atom stereocenters. The summed E-state index contributed by atoms with van der Waals surface area (Å²) < 4.78 is 13.3. The zero-order valence-electron chi connectivity index (χ0n) is 14.3. The Hall–Kier alpha value is -2.56. The van der Waals surface area contributed by atoms with Crippen molar-refractivity contribution in [3.8, 4) is 0 Å². The molecule has 0 aliphatic carbocycles. The number of hydrogen-bond donors (Lipinski definition) is 2. The van der Waals surface area contributed by atoms with E-state index in [1.54, 1.807) is 0 Å². The first kappa shape index (κ1) is 19.2. The Morgan fingerprint density at radius 2 is 2.04 bits per heavy atom. The third kappa shape index (κ3) is 4.41. The number of anilines is 3. The molecule has 0 radical (unpaired) electrons. The van der Waals surface area contributed by atoms with Crippen LogP contribution in [0.3, 0.4) is 0 Å². The van der Waals surface area contributed by atoms with Crippen molar-refractivity contribution in [3.05, 3.63) is 45.5 Å². The van der Waals surface area contributed by atoms with E-state index < -0.39 is 10.7 Å². The molecule has 144 valence electrons. The molecule has 2 aromatic rings. The molecule has 1 saturated heterocycles. The van der Waals surface area contributed by atoms with Gasteiger partial charge in [0.2, 0.25) is 11.6 Å². The number of aliphatic hydroxyl groups is 1. The molecule has 0 amide bonds. The van der Waals surface area contributed by atoms with Crippen LogP contribution < -0.4 is 10.2 Å². The van der Waals surface area contributed by atoms with E-state index in [4.69, 9.17) is 16.7 Å². The van der Waals surface area contributed by atoms with Crippen molar-refractivity contribution in [1.82, 2.24) is 14.9 Å². The highest BCUT2D eigenvalue weighted by Crippen LogP contribution is 2.34. The molecule has 0 unspecified atom stereocenters. The van der Waals surface area contributed by atoms with E-state index in [2.05, 4.69) is 20.2 Å². The Morgan fingerprint density at radius 3 is 2.67 bits per heavy atom. The highest BCUT2D eigenvalue weighted by Gasteiger charge is 2.29. The maximum Gasteiger partial charge on any atom is 0.353 e. The van der Waals surface area contributed by atoms with Gasteiger partial charge in [0.05, 0.1) is 16.6 Å². The Balaban J connectivity index is 1.87. The van der Waals surface area contributed by atoms with Gasteiger partial charge in [-0.15, -0.1) is 0 Å². The molecule has 1 aromatic carbocycles. The van der Waals surface area contributed by atoms with E-state index in [1.807, 2.05) is 4.90 Å². The van der Waals surface area contributed by atoms with Crippen LogP contribution in [-0.2, 0) is 0 Å². The molecule has 3 rings (SSSR count). The maximum atomic E-state index is 13.3. The topological polar surface area (TPSA) is 108 Å². The van der Waals surface area contributed by atoms with E-state index in [0.717, 1.165) is 0 Å². The minimum absolute atomic E-state index is 0.00506. The molecule has 2 heterocycles. The zero-order valence-corrected chi connectivity index (χ0v) is 15.1. The Bertz CT molecular complexity index is 832. The van der Waals surface area contributed by atoms with E-state index in [9.17, 15) is 14.5 Å². The number of nitro groups is 1. The van der Waals surface area contributed by atoms with Crippen molar-refractivity contribution in [2.24, 2.45) is 0 Å². The average Bonchev–Trinajstić information content (AvgIpc) is 2.65. The lowest BCUT2D eigenvalue weighted by molar-refractivity contribution is -0.383. The van der Waals surface area contributed by atoms with Gasteiger partial charge >= 0.3 is 5.69 Å². The highest BCUT2D eigenvalue weighted by atomic mass is 35.5. The molecule has 9 nitrogen and oxygen atoms in total. The minimum Gasteiger partial charge on any atom is -0.395 e. The highest BCUT2D eigenvalue weighted by molar-refractivity contribution is 6.31. The summed E-state index contributed by atoms with van der Waals surface area (Å²) in [6, 6.07) is 3.91. The molecule has 27 heavy (non-hydrogen) atoms. The lowest BCUT2D eigenvalue weighted by Gasteiger charge is -2.34. The molecule has 11 heteroatoms. The van der Waals surface area contributed by atoms with Crippen LogP contribution in [0, 0.1) is 15.9 Å². The fourth-order valence-corrected chi connectivity index (χ4v) is 3.08. The van der Waals surface area contributed by atoms with Gasteiger partial charge in [-0.25, -0.2) is 14.4 Å². The summed E-state index contributed by atoms with van der Waals surface area (Å²) in [7, 11) is 0. The summed E-state index contributed by atoms with van der Waals surface area (Å²) in [5.41, 5.74) is 0.121. The second kappa shape index (κ2) is 8.42. The number of halogens is 2. The van der Waals surface area contributed by atoms with E-state index in [0.29, 0.717) is 38.4 Å². The lowest BCUT2D eigenvalue weighted by Crippen LogP contribution is -2.47. The van der Waals surface area contributed by atoms with Crippen molar-refractivity contribution in [2.75, 3.05) is 49.5 Å². The maximum absolute atomic E-state index is 13.3. The Labute approximate surface area is 159 Å². The lowest BCUT2D eigenvalue weighted by atomic mass is 10.2. The van der Waals surface area contributed by atoms with Crippen molar-refractivity contribution in [2.45, 2.75) is 0 Å². The molecule has 0 saturated carbocycles. The fourth-order valence-electron chi connectivity index (χ4n) is 2.90. The van der Waals surface area contributed by atoms with E-state index in [1.165, 1.54) is 24.5 Å². The van der Waals surface area contributed by atoms with Gasteiger partial charge in [0, 0.05) is 38.4 Å². The van der Waals surface area contributed by atoms with Crippen LogP contribution >= 0.6 is 11.6 Å². The average molecular weight is 397 g/mol. The number of nitrogens with zero attached hydrogens (tertiary/aromatic N) is 5. The van der Waals surface area contributed by atoms with Crippen LogP contribution in [0.1, 0.15) is 0 Å². The van der Waals surface area contributed by atoms with E-state index >= 15 is 0 Å². The first-order valence-electron chi connectivity index (χ1n) is 8.29. The second-order valence-electron chi connectivity index (χ2n) is 5.96. The van der Waals surface area contributed by atoms with Gasteiger partial charge in [-0.05, 0) is 18.2 Å². The third-order valence-corrected chi connectivity index (χ3v) is 4.55. The molecular formula is C16H18ClFN6O3. The summed E-state index contributed by atoms with van der Waals surface area (Å²) >= 11 is 5.76. The number of piperazine rings is 1. The normalized spacial score (nSPS) is 15.0. The van der Waals surface area contributed by atoms with Crippen LogP contribution in [0.4, 0.5) is 27.4 Å². The molecule has 0 spiro atoms. The molecule has 2 N–H and O–H groups in total. The summed E-state index contributed by atoms with van der Waals surface area (Å²) in [5.74, 6) is -0.360. The number of aliphatic hydroxyl groups excluding tert-OH is 1. The molecular weight excluding hydrogens is 379 g/mol. The van der Waals surface area contributed by atoms with E-state index in [-0.39, 0.29) is 29.0 Å². The summed E-state index contributed by atoms with van der Waals surface area (Å²) in [4.78, 5) is 23.1. The van der Waals surface area contributed by atoms with Crippen LogP contribution in [-0.4, -0.2) is 64.2 Å². The molecule has 1 aliphatic heterocycles. The van der Waals surface area contributed by atoms with Crippen molar-refractivity contribution in [3.63, 3.8) is 0 Å². The molecule has 0 bridgehead atoms. The first-order valence-corrected chi connectivity index (χ1v) is 8.67. The van der Waals surface area contributed by atoms with Gasteiger partial charge < -0.3 is 15.3 Å². The number of rotatable bonds is 6. The van der Waals surface area contributed by atoms with Crippen molar-refractivity contribution in [1.29, 1.82) is 0 Å². The van der Waals surface area contributed by atoms with Gasteiger partial charge in [-0.2, -0.15) is 0 Å². The summed E-state index contributed by atoms with van der Waals surface area (Å²) in [6.45, 7) is 3.05. The van der Waals surface area contributed by atoms with Crippen LogP contribution in [0.5, 0.6) is 0 Å². The van der Waals surface area contributed by atoms with Gasteiger partial charge in [0.1, 0.15) is 12.1 Å². The zero-order chi connectivity index (χ0) is 19.4. The molecule has 1 aromatic heterocycles. The summed E-state index contributed by atoms with van der Waals surface area (Å²) in [5, 5.41) is 23.4. The standard InChI is InChI=1S/C16H18ClFN6O3/c17-12-9-11(1-2-13(12)18)21-15-14(24(26)27)16(20-10-19-15)23-5-3-22(4-6-23)7-8-25/h1-2,9-10,25H,3-8H2,(H,19,20,21).